The third kappa shape index (κ3) is 3.47. The van der Waals surface area contributed by atoms with Crippen LogP contribution >= 0.6 is 23.2 Å². The average Bonchev–Trinajstić information content (AvgIpc) is 2.29. The number of anilines is 1. The van der Waals surface area contributed by atoms with Gasteiger partial charge in [0.1, 0.15) is 5.82 Å². The van der Waals surface area contributed by atoms with Crippen molar-refractivity contribution in [2.24, 2.45) is 5.41 Å². The summed E-state index contributed by atoms with van der Waals surface area (Å²) in [5.41, 5.74) is 0.267. The Hall–Kier alpha value is -0.510. The second kappa shape index (κ2) is 5.42. The molecule has 0 radical (unpaired) electrons. The van der Waals surface area contributed by atoms with Gasteiger partial charge in [-0.2, -0.15) is 0 Å². The molecule has 0 aliphatic carbocycles. The fourth-order valence-electron chi connectivity index (χ4n) is 2.11. The van der Waals surface area contributed by atoms with E-state index in [0.29, 0.717) is 15.9 Å². The molecule has 94 valence electrons. The number of piperidine rings is 1. The van der Waals surface area contributed by atoms with Gasteiger partial charge in [0.25, 0.3) is 0 Å². The van der Waals surface area contributed by atoms with Crippen molar-refractivity contribution >= 4 is 29.0 Å². The molecular formula is C12H17Cl2N3. The molecule has 1 atom stereocenters. The zero-order valence-corrected chi connectivity index (χ0v) is 11.4. The van der Waals surface area contributed by atoms with E-state index in [1.54, 1.807) is 12.3 Å². The van der Waals surface area contributed by atoms with Gasteiger partial charge in [0.15, 0.2) is 0 Å². The molecule has 1 aliphatic rings. The van der Waals surface area contributed by atoms with E-state index in [-0.39, 0.29) is 5.41 Å². The Morgan fingerprint density at radius 1 is 1.53 bits per heavy atom. The lowest BCUT2D eigenvalue weighted by molar-refractivity contribution is 0.253. The Morgan fingerprint density at radius 2 is 2.35 bits per heavy atom. The third-order valence-corrected chi connectivity index (χ3v) is 3.67. The first-order valence-corrected chi connectivity index (χ1v) is 6.60. The molecule has 1 saturated heterocycles. The van der Waals surface area contributed by atoms with Gasteiger partial charge in [-0.1, -0.05) is 30.1 Å². The lowest BCUT2D eigenvalue weighted by atomic mass is 9.83. The van der Waals surface area contributed by atoms with Gasteiger partial charge in [-0.3, -0.25) is 0 Å². The Kier molecular flexibility index (Phi) is 4.13. The maximum Gasteiger partial charge on any atom is 0.144 e. The van der Waals surface area contributed by atoms with Crippen molar-refractivity contribution in [3.63, 3.8) is 0 Å². The van der Waals surface area contributed by atoms with Gasteiger partial charge in [0.05, 0.1) is 10.0 Å². The summed E-state index contributed by atoms with van der Waals surface area (Å²) in [6.07, 6.45) is 4.05. The molecule has 2 heterocycles. The predicted octanol–water partition coefficient (Wildman–Crippen LogP) is 3.19. The molecular weight excluding hydrogens is 257 g/mol. The highest BCUT2D eigenvalue weighted by Gasteiger charge is 2.26. The summed E-state index contributed by atoms with van der Waals surface area (Å²) in [5.74, 6) is 0.711. The van der Waals surface area contributed by atoms with Crippen LogP contribution in [0.3, 0.4) is 0 Å². The minimum absolute atomic E-state index is 0.267. The third-order valence-electron chi connectivity index (χ3n) is 3.18. The smallest absolute Gasteiger partial charge is 0.144 e. The maximum atomic E-state index is 6.07. The molecule has 1 aromatic heterocycles. The molecule has 17 heavy (non-hydrogen) atoms. The molecule has 3 nitrogen and oxygen atoms in total. The Bertz CT molecular complexity index is 389. The standard InChI is InChI=1S/C12H17Cl2N3/c1-12(3-2-4-15-7-12)8-17-11-10(14)5-9(13)6-16-11/h5-6,15H,2-4,7-8H2,1H3,(H,16,17). The largest absolute Gasteiger partial charge is 0.368 e. The predicted molar refractivity (Wildman–Crippen MR) is 73.0 cm³/mol. The van der Waals surface area contributed by atoms with Crippen LogP contribution in [0.25, 0.3) is 0 Å². The van der Waals surface area contributed by atoms with E-state index in [1.165, 1.54) is 12.8 Å². The summed E-state index contributed by atoms with van der Waals surface area (Å²) >= 11 is 11.9. The maximum absolute atomic E-state index is 6.07. The van der Waals surface area contributed by atoms with Gasteiger partial charge in [0.2, 0.25) is 0 Å². The summed E-state index contributed by atoms with van der Waals surface area (Å²) < 4.78 is 0. The zero-order valence-electron chi connectivity index (χ0n) is 9.89. The number of nitrogens with zero attached hydrogens (tertiary/aromatic N) is 1. The topological polar surface area (TPSA) is 37.0 Å². The number of hydrogen-bond donors (Lipinski definition) is 2. The van der Waals surface area contributed by atoms with E-state index in [4.69, 9.17) is 23.2 Å². The van der Waals surface area contributed by atoms with Crippen molar-refractivity contribution in [3.8, 4) is 0 Å². The number of hydrogen-bond acceptors (Lipinski definition) is 3. The molecule has 2 rings (SSSR count). The van der Waals surface area contributed by atoms with Crippen LogP contribution in [0.15, 0.2) is 12.3 Å². The summed E-state index contributed by atoms with van der Waals surface area (Å²) in [6.45, 7) is 5.30. The van der Waals surface area contributed by atoms with Gasteiger partial charge in [-0.15, -0.1) is 0 Å². The first kappa shape index (κ1) is 12.9. The molecule has 0 aromatic carbocycles. The molecule has 2 N–H and O–H groups in total. The molecule has 0 bridgehead atoms. The molecule has 1 fully saturated rings. The van der Waals surface area contributed by atoms with Crippen LogP contribution in [0, 0.1) is 5.41 Å². The number of rotatable bonds is 3. The number of halogens is 2. The van der Waals surface area contributed by atoms with E-state index < -0.39 is 0 Å². The summed E-state index contributed by atoms with van der Waals surface area (Å²) in [7, 11) is 0. The highest BCUT2D eigenvalue weighted by Crippen LogP contribution is 2.28. The van der Waals surface area contributed by atoms with Crippen molar-refractivity contribution in [1.29, 1.82) is 0 Å². The fraction of sp³-hybridized carbons (Fsp3) is 0.583. The van der Waals surface area contributed by atoms with Crippen LogP contribution in [0.1, 0.15) is 19.8 Å². The Morgan fingerprint density at radius 3 is 3.00 bits per heavy atom. The Labute approximate surface area is 112 Å². The second-order valence-corrected chi connectivity index (χ2v) is 5.77. The molecule has 1 unspecified atom stereocenters. The van der Waals surface area contributed by atoms with E-state index in [9.17, 15) is 0 Å². The van der Waals surface area contributed by atoms with Crippen LogP contribution in [0.4, 0.5) is 5.82 Å². The average molecular weight is 274 g/mol. The first-order chi connectivity index (χ1) is 8.09. The molecule has 1 aliphatic heterocycles. The summed E-state index contributed by atoms with van der Waals surface area (Å²) in [4.78, 5) is 4.20. The van der Waals surface area contributed by atoms with Crippen LogP contribution in [-0.4, -0.2) is 24.6 Å². The van der Waals surface area contributed by atoms with Crippen LogP contribution < -0.4 is 10.6 Å². The van der Waals surface area contributed by atoms with Gasteiger partial charge in [-0.25, -0.2) is 4.98 Å². The number of nitrogens with one attached hydrogen (secondary N) is 2. The minimum Gasteiger partial charge on any atom is -0.368 e. The molecule has 5 heteroatoms. The molecule has 0 amide bonds. The minimum atomic E-state index is 0.267. The Balaban J connectivity index is 1.97. The summed E-state index contributed by atoms with van der Waals surface area (Å²) in [6, 6.07) is 1.71. The number of pyridine rings is 1. The quantitative estimate of drug-likeness (QED) is 0.888. The fourth-order valence-corrected chi connectivity index (χ4v) is 2.56. The van der Waals surface area contributed by atoms with E-state index in [1.807, 2.05) is 0 Å². The lowest BCUT2D eigenvalue weighted by Crippen LogP contribution is -2.42. The highest BCUT2D eigenvalue weighted by molar-refractivity contribution is 6.35. The first-order valence-electron chi connectivity index (χ1n) is 5.85. The van der Waals surface area contributed by atoms with Crippen molar-refractivity contribution < 1.29 is 0 Å². The monoisotopic (exact) mass is 273 g/mol. The van der Waals surface area contributed by atoms with Crippen LogP contribution in [-0.2, 0) is 0 Å². The van der Waals surface area contributed by atoms with Gasteiger partial charge in [-0.05, 0) is 30.9 Å². The zero-order chi connectivity index (χ0) is 12.3. The second-order valence-electron chi connectivity index (χ2n) is 4.93. The van der Waals surface area contributed by atoms with Crippen LogP contribution in [0.5, 0.6) is 0 Å². The lowest BCUT2D eigenvalue weighted by Gasteiger charge is -2.34. The van der Waals surface area contributed by atoms with Crippen molar-refractivity contribution in [2.45, 2.75) is 19.8 Å². The number of aromatic nitrogens is 1. The van der Waals surface area contributed by atoms with Gasteiger partial charge < -0.3 is 10.6 Å². The SMILES string of the molecule is CC1(CNc2ncc(Cl)cc2Cl)CCCNC1. The van der Waals surface area contributed by atoms with Crippen molar-refractivity contribution in [3.05, 3.63) is 22.3 Å². The highest BCUT2D eigenvalue weighted by atomic mass is 35.5. The molecule has 0 saturated carbocycles. The molecule has 0 spiro atoms. The van der Waals surface area contributed by atoms with Gasteiger partial charge in [0, 0.05) is 19.3 Å². The van der Waals surface area contributed by atoms with E-state index in [2.05, 4.69) is 22.5 Å². The van der Waals surface area contributed by atoms with Gasteiger partial charge >= 0.3 is 0 Å². The normalized spacial score (nSPS) is 24.6. The van der Waals surface area contributed by atoms with E-state index >= 15 is 0 Å². The van der Waals surface area contributed by atoms with Crippen molar-refractivity contribution in [2.75, 3.05) is 25.0 Å². The molecule has 1 aromatic rings. The van der Waals surface area contributed by atoms with E-state index in [0.717, 1.165) is 19.6 Å². The van der Waals surface area contributed by atoms with Crippen LogP contribution in [0.2, 0.25) is 10.0 Å². The summed E-state index contributed by atoms with van der Waals surface area (Å²) in [5, 5.41) is 7.86. The van der Waals surface area contributed by atoms with Crippen molar-refractivity contribution in [1.82, 2.24) is 10.3 Å².